The molecule has 224 valence electrons. The number of hydrogen-bond donors (Lipinski definition) is 2. The number of rotatable bonds is 8. The molecular weight excluding hydrogens is 556 g/mol. The molecule has 1 aliphatic carbocycles. The van der Waals surface area contributed by atoms with E-state index in [2.05, 4.69) is 15.5 Å². The summed E-state index contributed by atoms with van der Waals surface area (Å²) in [5.74, 6) is -0.438. The van der Waals surface area contributed by atoms with E-state index in [1.807, 2.05) is 30.3 Å². The van der Waals surface area contributed by atoms with Gasteiger partial charge >= 0.3 is 0 Å². The lowest BCUT2D eigenvalue weighted by Gasteiger charge is -2.37. The van der Waals surface area contributed by atoms with Crippen LogP contribution in [-0.4, -0.2) is 73.4 Å². The molecule has 6 rings (SSSR count). The number of nitrogens with zero attached hydrogens (tertiary/aromatic N) is 2. The fourth-order valence-corrected chi connectivity index (χ4v) is 9.25. The van der Waals surface area contributed by atoms with Gasteiger partial charge in [0.05, 0.1) is 11.8 Å². The summed E-state index contributed by atoms with van der Waals surface area (Å²) in [6.45, 7) is 3.41. The fraction of sp³-hybridized carbons (Fsp3) is 0.516. The standard InChI is InChI=1S/C31H38N4O6S/c36-28-14-13-26(29(37)33-28)35-19-25-24(30(35)38)7-4-8-27(25)41-20-21-9-11-22(12-10-21)31(34-17-15-32-16-18-34)42(39,40)23-5-2-1-3-6-23/h4,7-12,23,26,31-32H,1-3,5-6,13-20H2,(H,33,36,37). The Hall–Kier alpha value is -3.28. The third-order valence-corrected chi connectivity index (χ3v) is 11.6. The van der Waals surface area contributed by atoms with Crippen molar-refractivity contribution in [3.8, 4) is 5.75 Å². The van der Waals surface area contributed by atoms with Crippen LogP contribution < -0.4 is 15.4 Å². The highest BCUT2D eigenvalue weighted by atomic mass is 32.2. The van der Waals surface area contributed by atoms with Crippen molar-refractivity contribution in [1.82, 2.24) is 20.4 Å². The normalized spacial score (nSPS) is 23.0. The maximum Gasteiger partial charge on any atom is 0.255 e. The van der Waals surface area contributed by atoms with E-state index < -0.39 is 27.2 Å². The summed E-state index contributed by atoms with van der Waals surface area (Å²) in [6.07, 6.45) is 5.02. The maximum absolute atomic E-state index is 13.9. The Morgan fingerprint density at radius 2 is 1.67 bits per heavy atom. The van der Waals surface area contributed by atoms with Crippen molar-refractivity contribution in [2.24, 2.45) is 0 Å². The largest absolute Gasteiger partial charge is 0.489 e. The van der Waals surface area contributed by atoms with E-state index in [1.165, 1.54) is 4.90 Å². The van der Waals surface area contributed by atoms with Crippen LogP contribution in [0.25, 0.3) is 0 Å². The molecular formula is C31H38N4O6S. The van der Waals surface area contributed by atoms with Crippen LogP contribution in [0.5, 0.6) is 5.75 Å². The van der Waals surface area contributed by atoms with Gasteiger partial charge in [-0.25, -0.2) is 8.42 Å². The van der Waals surface area contributed by atoms with Gasteiger partial charge in [-0.3, -0.25) is 24.6 Å². The summed E-state index contributed by atoms with van der Waals surface area (Å²) in [5, 5.41) is 4.71. The van der Waals surface area contributed by atoms with Gasteiger partial charge in [0.25, 0.3) is 5.91 Å². The zero-order chi connectivity index (χ0) is 29.3. The van der Waals surface area contributed by atoms with Crippen molar-refractivity contribution in [3.05, 3.63) is 64.7 Å². The van der Waals surface area contributed by atoms with Gasteiger partial charge in [0.15, 0.2) is 9.84 Å². The Bertz CT molecular complexity index is 1450. The van der Waals surface area contributed by atoms with Crippen LogP contribution in [0.3, 0.4) is 0 Å². The number of piperidine rings is 1. The highest BCUT2D eigenvalue weighted by Crippen LogP contribution is 2.37. The molecule has 1 saturated carbocycles. The number of imide groups is 1. The molecule has 0 aromatic heterocycles. The maximum atomic E-state index is 13.9. The Morgan fingerprint density at radius 1 is 0.929 bits per heavy atom. The van der Waals surface area contributed by atoms with E-state index in [9.17, 15) is 22.8 Å². The second kappa shape index (κ2) is 12.1. The predicted molar refractivity (Wildman–Crippen MR) is 156 cm³/mol. The number of carbonyl (C=O) groups excluding carboxylic acids is 3. The number of fused-ring (bicyclic) bond motifs is 1. The summed E-state index contributed by atoms with van der Waals surface area (Å²) >= 11 is 0. The fourth-order valence-electron chi connectivity index (χ4n) is 6.73. The zero-order valence-corrected chi connectivity index (χ0v) is 24.5. The van der Waals surface area contributed by atoms with Gasteiger partial charge in [-0.05, 0) is 42.5 Å². The Labute approximate surface area is 246 Å². The van der Waals surface area contributed by atoms with Crippen LogP contribution in [0.1, 0.15) is 77.4 Å². The Kier molecular flexibility index (Phi) is 8.33. The molecule has 3 aliphatic heterocycles. The number of piperazine rings is 1. The molecule has 2 unspecified atom stereocenters. The van der Waals surface area contributed by atoms with Gasteiger partial charge in [0.1, 0.15) is 23.8 Å². The second-order valence-electron chi connectivity index (χ2n) is 11.7. The van der Waals surface area contributed by atoms with E-state index in [0.29, 0.717) is 30.8 Å². The molecule has 2 aromatic carbocycles. The molecule has 2 atom stereocenters. The van der Waals surface area contributed by atoms with Crippen LogP contribution in [0.4, 0.5) is 0 Å². The van der Waals surface area contributed by atoms with Gasteiger partial charge in [-0.15, -0.1) is 0 Å². The van der Waals surface area contributed by atoms with Crippen molar-refractivity contribution in [2.75, 3.05) is 26.2 Å². The van der Waals surface area contributed by atoms with Crippen LogP contribution in [-0.2, 0) is 32.6 Å². The first-order valence-corrected chi connectivity index (χ1v) is 16.6. The number of nitrogens with one attached hydrogen (secondary N) is 2. The molecule has 3 amide bonds. The van der Waals surface area contributed by atoms with Gasteiger partial charge < -0.3 is 15.0 Å². The molecule has 10 nitrogen and oxygen atoms in total. The van der Waals surface area contributed by atoms with E-state index >= 15 is 0 Å². The summed E-state index contributed by atoms with van der Waals surface area (Å²) in [5.41, 5.74) is 2.90. The van der Waals surface area contributed by atoms with E-state index in [0.717, 1.165) is 61.9 Å². The third-order valence-electron chi connectivity index (χ3n) is 9.01. The third kappa shape index (κ3) is 5.69. The minimum atomic E-state index is -3.40. The summed E-state index contributed by atoms with van der Waals surface area (Å²) in [4.78, 5) is 40.7. The van der Waals surface area contributed by atoms with Crippen molar-refractivity contribution < 1.29 is 27.5 Å². The average Bonchev–Trinajstić information content (AvgIpc) is 3.34. The molecule has 2 saturated heterocycles. The zero-order valence-electron chi connectivity index (χ0n) is 23.7. The van der Waals surface area contributed by atoms with E-state index in [4.69, 9.17) is 4.74 Å². The SMILES string of the molecule is O=C1CCC(N2Cc3c(OCc4ccc(C(N5CCNCC5)S(=O)(=O)C5CCCCC5)cc4)cccc3C2=O)C(=O)N1. The quantitative estimate of drug-likeness (QED) is 0.447. The molecule has 2 N–H and O–H groups in total. The van der Waals surface area contributed by atoms with Crippen molar-refractivity contribution in [3.63, 3.8) is 0 Å². The van der Waals surface area contributed by atoms with Crippen molar-refractivity contribution >= 4 is 27.6 Å². The van der Waals surface area contributed by atoms with Gasteiger partial charge in [0, 0.05) is 43.7 Å². The monoisotopic (exact) mass is 594 g/mol. The van der Waals surface area contributed by atoms with Crippen molar-refractivity contribution in [2.45, 2.75) is 74.8 Å². The minimum Gasteiger partial charge on any atom is -0.489 e. The van der Waals surface area contributed by atoms with Crippen molar-refractivity contribution in [1.29, 1.82) is 0 Å². The number of sulfone groups is 1. The van der Waals surface area contributed by atoms with E-state index in [-0.39, 0.29) is 36.6 Å². The Balaban J connectivity index is 1.17. The Morgan fingerprint density at radius 3 is 2.38 bits per heavy atom. The van der Waals surface area contributed by atoms with Gasteiger partial charge in [-0.2, -0.15) is 0 Å². The first kappa shape index (κ1) is 28.8. The lowest BCUT2D eigenvalue weighted by atomic mass is 10.0. The second-order valence-corrected chi connectivity index (χ2v) is 14.0. The molecule has 11 heteroatoms. The molecule has 42 heavy (non-hydrogen) atoms. The molecule has 0 bridgehead atoms. The van der Waals surface area contributed by atoms with Gasteiger partial charge in [-0.1, -0.05) is 49.6 Å². The first-order chi connectivity index (χ1) is 20.3. The first-order valence-electron chi connectivity index (χ1n) is 15.0. The van der Waals surface area contributed by atoms with Gasteiger partial charge in [0.2, 0.25) is 11.8 Å². The molecule has 0 radical (unpaired) electrons. The molecule has 3 heterocycles. The highest BCUT2D eigenvalue weighted by Gasteiger charge is 2.41. The molecule has 0 spiro atoms. The summed E-state index contributed by atoms with van der Waals surface area (Å²) in [6, 6.07) is 12.3. The molecule has 3 fully saturated rings. The van der Waals surface area contributed by atoms with Crippen LogP contribution >= 0.6 is 0 Å². The minimum absolute atomic E-state index is 0.202. The van der Waals surface area contributed by atoms with Crippen LogP contribution in [0, 0.1) is 0 Å². The van der Waals surface area contributed by atoms with Crippen LogP contribution in [0.15, 0.2) is 42.5 Å². The highest BCUT2D eigenvalue weighted by molar-refractivity contribution is 7.92. The van der Waals surface area contributed by atoms with E-state index in [1.54, 1.807) is 12.1 Å². The lowest BCUT2D eigenvalue weighted by molar-refractivity contribution is -0.136. The lowest BCUT2D eigenvalue weighted by Crippen LogP contribution is -2.52. The number of carbonyl (C=O) groups is 3. The van der Waals surface area contributed by atoms with Crippen LogP contribution in [0.2, 0.25) is 0 Å². The smallest absolute Gasteiger partial charge is 0.255 e. The number of benzene rings is 2. The number of hydrogen-bond acceptors (Lipinski definition) is 8. The molecule has 4 aliphatic rings. The summed E-state index contributed by atoms with van der Waals surface area (Å²) in [7, 11) is -3.40. The topological polar surface area (TPSA) is 125 Å². The number of ether oxygens (including phenoxy) is 1. The molecule has 2 aromatic rings. The average molecular weight is 595 g/mol. The summed E-state index contributed by atoms with van der Waals surface area (Å²) < 4.78 is 34.0. The predicted octanol–water partition coefficient (Wildman–Crippen LogP) is 2.68. The number of amides is 3.